The molecule has 0 bridgehead atoms. The standard InChI is InChI=1S/C14H11Cl2NO2S/c1-19-14(18)9-2-3-10(17-7-9)8-20-11-4-5-12(15)13(16)6-11/h2-7H,8H2,1H3. The minimum absolute atomic E-state index is 0.388. The number of carbonyl (C=O) groups excluding carboxylic acids is 1. The Kier molecular flexibility index (Phi) is 5.29. The molecule has 0 aliphatic rings. The van der Waals surface area contributed by atoms with Gasteiger partial charge >= 0.3 is 5.97 Å². The topological polar surface area (TPSA) is 39.2 Å². The largest absolute Gasteiger partial charge is 0.465 e. The molecular formula is C14H11Cl2NO2S. The van der Waals surface area contributed by atoms with Crippen molar-refractivity contribution in [2.45, 2.75) is 10.6 Å². The maximum Gasteiger partial charge on any atom is 0.339 e. The molecule has 1 aromatic carbocycles. The summed E-state index contributed by atoms with van der Waals surface area (Å²) in [6.45, 7) is 0. The molecule has 0 atom stereocenters. The monoisotopic (exact) mass is 327 g/mol. The van der Waals surface area contributed by atoms with E-state index >= 15 is 0 Å². The lowest BCUT2D eigenvalue weighted by Crippen LogP contribution is -2.02. The highest BCUT2D eigenvalue weighted by Gasteiger charge is 2.06. The molecular weight excluding hydrogens is 317 g/mol. The maximum atomic E-state index is 11.3. The number of thioether (sulfide) groups is 1. The lowest BCUT2D eigenvalue weighted by molar-refractivity contribution is 0.0600. The first kappa shape index (κ1) is 15.2. The normalized spacial score (nSPS) is 10.3. The van der Waals surface area contributed by atoms with Crippen LogP contribution in [0, 0.1) is 0 Å². The summed E-state index contributed by atoms with van der Waals surface area (Å²) in [7, 11) is 1.34. The van der Waals surface area contributed by atoms with Crippen molar-refractivity contribution in [1.29, 1.82) is 0 Å². The molecule has 0 unspecified atom stereocenters. The van der Waals surface area contributed by atoms with Gasteiger partial charge in [0.25, 0.3) is 0 Å². The molecule has 0 saturated carbocycles. The summed E-state index contributed by atoms with van der Waals surface area (Å²) in [6, 6.07) is 8.99. The minimum Gasteiger partial charge on any atom is -0.465 e. The van der Waals surface area contributed by atoms with Crippen LogP contribution in [0.3, 0.4) is 0 Å². The summed E-state index contributed by atoms with van der Waals surface area (Å²) in [6.07, 6.45) is 1.51. The first-order valence-corrected chi connectivity index (χ1v) is 7.45. The molecule has 6 heteroatoms. The second kappa shape index (κ2) is 6.97. The van der Waals surface area contributed by atoms with Crippen LogP contribution < -0.4 is 0 Å². The van der Waals surface area contributed by atoms with E-state index < -0.39 is 0 Å². The smallest absolute Gasteiger partial charge is 0.339 e. The van der Waals surface area contributed by atoms with Gasteiger partial charge in [0, 0.05) is 16.8 Å². The van der Waals surface area contributed by atoms with Gasteiger partial charge in [-0.2, -0.15) is 0 Å². The number of rotatable bonds is 4. The van der Waals surface area contributed by atoms with Crippen LogP contribution in [0.15, 0.2) is 41.4 Å². The van der Waals surface area contributed by atoms with E-state index in [1.807, 2.05) is 12.1 Å². The molecule has 0 amide bonds. The number of esters is 1. The predicted molar refractivity (Wildman–Crippen MR) is 81.6 cm³/mol. The number of hydrogen-bond acceptors (Lipinski definition) is 4. The van der Waals surface area contributed by atoms with Crippen LogP contribution in [-0.2, 0) is 10.5 Å². The second-order valence-electron chi connectivity index (χ2n) is 3.89. The number of aromatic nitrogens is 1. The number of ether oxygens (including phenoxy) is 1. The summed E-state index contributed by atoms with van der Waals surface area (Å²) in [5.74, 6) is 0.292. The van der Waals surface area contributed by atoms with Crippen molar-refractivity contribution in [3.05, 3.63) is 57.8 Å². The van der Waals surface area contributed by atoms with Crippen molar-refractivity contribution in [2.24, 2.45) is 0 Å². The van der Waals surface area contributed by atoms with Crippen LogP contribution in [0.2, 0.25) is 10.0 Å². The van der Waals surface area contributed by atoms with Crippen LogP contribution in [0.4, 0.5) is 0 Å². The first-order chi connectivity index (χ1) is 9.60. The summed E-state index contributed by atoms with van der Waals surface area (Å²) < 4.78 is 4.62. The van der Waals surface area contributed by atoms with Gasteiger partial charge in [-0.1, -0.05) is 23.2 Å². The van der Waals surface area contributed by atoms with Gasteiger partial charge in [0.15, 0.2) is 0 Å². The van der Waals surface area contributed by atoms with E-state index in [0.717, 1.165) is 10.6 Å². The third-order valence-electron chi connectivity index (χ3n) is 2.52. The van der Waals surface area contributed by atoms with Crippen molar-refractivity contribution < 1.29 is 9.53 Å². The van der Waals surface area contributed by atoms with E-state index in [2.05, 4.69) is 9.72 Å². The quantitative estimate of drug-likeness (QED) is 0.613. The Morgan fingerprint density at radius 3 is 2.65 bits per heavy atom. The molecule has 1 heterocycles. The molecule has 0 N–H and O–H groups in total. The van der Waals surface area contributed by atoms with Gasteiger partial charge in [0.2, 0.25) is 0 Å². The maximum absolute atomic E-state index is 11.3. The van der Waals surface area contributed by atoms with E-state index in [-0.39, 0.29) is 5.97 Å². The number of pyridine rings is 1. The number of nitrogens with zero attached hydrogens (tertiary/aromatic N) is 1. The second-order valence-corrected chi connectivity index (χ2v) is 5.76. The van der Waals surface area contributed by atoms with Crippen molar-refractivity contribution in [1.82, 2.24) is 4.98 Å². The van der Waals surface area contributed by atoms with Crippen molar-refractivity contribution in [3.63, 3.8) is 0 Å². The Bertz CT molecular complexity index is 617. The summed E-state index contributed by atoms with van der Waals surface area (Å²) in [5.41, 5.74) is 1.31. The van der Waals surface area contributed by atoms with Crippen molar-refractivity contribution >= 4 is 40.9 Å². The highest BCUT2D eigenvalue weighted by atomic mass is 35.5. The van der Waals surface area contributed by atoms with Crippen LogP contribution in [0.25, 0.3) is 0 Å². The van der Waals surface area contributed by atoms with Crippen LogP contribution in [0.5, 0.6) is 0 Å². The van der Waals surface area contributed by atoms with Gasteiger partial charge in [-0.15, -0.1) is 11.8 Å². The molecule has 20 heavy (non-hydrogen) atoms. The number of methoxy groups -OCH3 is 1. The molecule has 0 radical (unpaired) electrons. The number of hydrogen-bond donors (Lipinski definition) is 0. The fourth-order valence-corrected chi connectivity index (χ4v) is 2.69. The van der Waals surface area contributed by atoms with E-state index in [1.165, 1.54) is 13.3 Å². The van der Waals surface area contributed by atoms with Gasteiger partial charge in [-0.25, -0.2) is 4.79 Å². The first-order valence-electron chi connectivity index (χ1n) is 5.71. The molecule has 1 aromatic heterocycles. The predicted octanol–water partition coefficient (Wildman–Crippen LogP) is 4.47. The minimum atomic E-state index is -0.388. The lowest BCUT2D eigenvalue weighted by atomic mass is 10.2. The molecule has 104 valence electrons. The molecule has 0 saturated heterocycles. The summed E-state index contributed by atoms with van der Waals surface area (Å²) in [4.78, 5) is 16.5. The van der Waals surface area contributed by atoms with Crippen LogP contribution in [-0.4, -0.2) is 18.1 Å². The van der Waals surface area contributed by atoms with E-state index in [4.69, 9.17) is 23.2 Å². The fourth-order valence-electron chi connectivity index (χ4n) is 1.47. The van der Waals surface area contributed by atoms with Crippen LogP contribution >= 0.6 is 35.0 Å². The van der Waals surface area contributed by atoms with Gasteiger partial charge in [0.1, 0.15) is 0 Å². The van der Waals surface area contributed by atoms with Gasteiger partial charge in [-0.3, -0.25) is 4.98 Å². The lowest BCUT2D eigenvalue weighted by Gasteiger charge is -2.04. The van der Waals surface area contributed by atoms with Crippen molar-refractivity contribution in [3.8, 4) is 0 Å². The van der Waals surface area contributed by atoms with Gasteiger partial charge < -0.3 is 4.74 Å². The van der Waals surface area contributed by atoms with Crippen LogP contribution in [0.1, 0.15) is 16.1 Å². The van der Waals surface area contributed by atoms with Gasteiger partial charge in [0.05, 0.1) is 28.4 Å². The number of halogens is 2. The molecule has 2 rings (SSSR count). The Balaban J connectivity index is 2.00. The third-order valence-corrected chi connectivity index (χ3v) is 4.29. The SMILES string of the molecule is COC(=O)c1ccc(CSc2ccc(Cl)c(Cl)c2)nc1. The van der Waals surface area contributed by atoms with E-state index in [9.17, 15) is 4.79 Å². The average molecular weight is 328 g/mol. The molecule has 2 aromatic rings. The molecule has 0 spiro atoms. The number of benzene rings is 1. The highest BCUT2D eigenvalue weighted by Crippen LogP contribution is 2.29. The Morgan fingerprint density at radius 2 is 2.05 bits per heavy atom. The molecule has 0 aliphatic heterocycles. The molecule has 3 nitrogen and oxygen atoms in total. The summed E-state index contributed by atoms with van der Waals surface area (Å²) in [5, 5.41) is 1.07. The highest BCUT2D eigenvalue weighted by molar-refractivity contribution is 7.98. The molecule has 0 aliphatic carbocycles. The van der Waals surface area contributed by atoms with Gasteiger partial charge in [-0.05, 0) is 30.3 Å². The Hall–Kier alpha value is -1.23. The average Bonchev–Trinajstić information content (AvgIpc) is 2.48. The summed E-state index contributed by atoms with van der Waals surface area (Å²) >= 11 is 13.4. The zero-order valence-corrected chi connectivity index (χ0v) is 12.9. The number of carbonyl (C=O) groups is 1. The molecule has 0 fully saturated rings. The zero-order valence-electron chi connectivity index (χ0n) is 10.6. The zero-order chi connectivity index (χ0) is 14.5. The van der Waals surface area contributed by atoms with E-state index in [0.29, 0.717) is 21.4 Å². The Labute approximate surface area is 131 Å². The third kappa shape index (κ3) is 3.88. The van der Waals surface area contributed by atoms with Crippen molar-refractivity contribution in [2.75, 3.05) is 7.11 Å². The Morgan fingerprint density at radius 1 is 1.25 bits per heavy atom. The van der Waals surface area contributed by atoms with E-state index in [1.54, 1.807) is 30.0 Å². The fraction of sp³-hybridized carbons (Fsp3) is 0.143.